The van der Waals surface area contributed by atoms with Gasteiger partial charge in [0.05, 0.1) is 17.1 Å². The van der Waals surface area contributed by atoms with Crippen LogP contribution in [-0.4, -0.2) is 16.8 Å². The van der Waals surface area contributed by atoms with E-state index in [1.807, 2.05) is 12.1 Å². The molecular weight excluding hydrogens is 354 g/mol. The van der Waals surface area contributed by atoms with Crippen LogP contribution in [-0.2, 0) is 11.3 Å². The smallest absolute Gasteiger partial charge is 0.255 e. The molecule has 3 aromatic rings. The van der Waals surface area contributed by atoms with E-state index in [-0.39, 0.29) is 11.8 Å². The molecule has 2 aromatic carbocycles. The normalized spacial score (nSPS) is 10.3. The van der Waals surface area contributed by atoms with Gasteiger partial charge in [0.1, 0.15) is 0 Å². The number of nitrogens with two attached hydrogens (primary N) is 1. The topological polar surface area (TPSA) is 100 Å². The quantitative estimate of drug-likeness (QED) is 0.454. The first-order valence-corrected chi connectivity index (χ1v) is 8.73. The predicted octanol–water partition coefficient (Wildman–Crippen LogP) is 2.97. The molecule has 3 rings (SSSR count). The standard InChI is InChI=1S/C21H21N5O2/c1-15(27)26(24-14-16-5-4-12-23-13-16)18-10-8-17(9-11-18)21(28)25-20-7-3-2-6-19(20)22/h2-13,24H,14,22H2,1H3,(H,25,28). The summed E-state index contributed by atoms with van der Waals surface area (Å²) in [6.07, 6.45) is 3.42. The Bertz CT molecular complexity index is 958. The fraction of sp³-hybridized carbons (Fsp3) is 0.0952. The third-order valence-corrected chi connectivity index (χ3v) is 4.08. The number of nitrogens with one attached hydrogen (secondary N) is 2. The van der Waals surface area contributed by atoms with Crippen molar-refractivity contribution in [3.63, 3.8) is 0 Å². The number of rotatable bonds is 6. The van der Waals surface area contributed by atoms with Crippen molar-refractivity contribution in [2.75, 3.05) is 16.1 Å². The van der Waals surface area contributed by atoms with E-state index in [1.165, 1.54) is 11.9 Å². The number of hydrogen-bond donors (Lipinski definition) is 3. The lowest BCUT2D eigenvalue weighted by molar-refractivity contribution is -0.117. The summed E-state index contributed by atoms with van der Waals surface area (Å²) in [4.78, 5) is 28.5. The van der Waals surface area contributed by atoms with Gasteiger partial charge >= 0.3 is 0 Å². The van der Waals surface area contributed by atoms with Gasteiger partial charge in [-0.1, -0.05) is 18.2 Å². The maximum absolute atomic E-state index is 12.4. The van der Waals surface area contributed by atoms with Gasteiger partial charge in [0.15, 0.2) is 0 Å². The number of nitrogens with zero attached hydrogens (tertiary/aromatic N) is 2. The van der Waals surface area contributed by atoms with Crippen molar-refractivity contribution in [2.45, 2.75) is 13.5 Å². The molecule has 0 spiro atoms. The number of amides is 2. The van der Waals surface area contributed by atoms with Gasteiger partial charge in [-0.15, -0.1) is 0 Å². The molecule has 28 heavy (non-hydrogen) atoms. The minimum Gasteiger partial charge on any atom is -0.397 e. The summed E-state index contributed by atoms with van der Waals surface area (Å²) in [7, 11) is 0. The third kappa shape index (κ3) is 4.72. The zero-order valence-corrected chi connectivity index (χ0v) is 15.4. The van der Waals surface area contributed by atoms with Crippen molar-refractivity contribution in [2.24, 2.45) is 0 Å². The van der Waals surface area contributed by atoms with Crippen LogP contribution in [0.4, 0.5) is 17.1 Å². The van der Waals surface area contributed by atoms with E-state index in [0.717, 1.165) is 5.56 Å². The summed E-state index contributed by atoms with van der Waals surface area (Å²) in [5.74, 6) is -0.444. The van der Waals surface area contributed by atoms with Gasteiger partial charge < -0.3 is 11.1 Å². The molecule has 1 heterocycles. The fourth-order valence-electron chi connectivity index (χ4n) is 2.62. The number of pyridine rings is 1. The number of benzene rings is 2. The molecule has 0 unspecified atom stereocenters. The van der Waals surface area contributed by atoms with Crippen molar-refractivity contribution in [3.8, 4) is 0 Å². The molecule has 0 fully saturated rings. The van der Waals surface area contributed by atoms with E-state index >= 15 is 0 Å². The Kier molecular flexibility index (Phi) is 5.98. The number of para-hydroxylation sites is 2. The van der Waals surface area contributed by atoms with Crippen molar-refractivity contribution >= 4 is 28.9 Å². The Hall–Kier alpha value is -3.71. The molecule has 142 valence electrons. The zero-order chi connectivity index (χ0) is 19.9. The first-order chi connectivity index (χ1) is 13.5. The summed E-state index contributed by atoms with van der Waals surface area (Å²) in [6, 6.07) is 17.5. The van der Waals surface area contributed by atoms with E-state index in [0.29, 0.717) is 29.2 Å². The molecule has 0 aliphatic rings. The van der Waals surface area contributed by atoms with E-state index in [2.05, 4.69) is 15.7 Å². The molecular formula is C21H21N5O2. The lowest BCUT2D eigenvalue weighted by Crippen LogP contribution is -2.41. The van der Waals surface area contributed by atoms with Gasteiger partial charge in [-0.3, -0.25) is 14.6 Å². The highest BCUT2D eigenvalue weighted by Gasteiger charge is 2.13. The average molecular weight is 375 g/mol. The van der Waals surface area contributed by atoms with Gasteiger partial charge in [0, 0.05) is 31.4 Å². The van der Waals surface area contributed by atoms with Crippen LogP contribution in [0, 0.1) is 0 Å². The Morgan fingerprint density at radius 1 is 1.04 bits per heavy atom. The fourth-order valence-corrected chi connectivity index (χ4v) is 2.62. The first-order valence-electron chi connectivity index (χ1n) is 8.73. The van der Waals surface area contributed by atoms with Crippen molar-refractivity contribution in [1.82, 2.24) is 10.4 Å². The predicted molar refractivity (Wildman–Crippen MR) is 109 cm³/mol. The van der Waals surface area contributed by atoms with Crippen LogP contribution in [0.25, 0.3) is 0 Å². The van der Waals surface area contributed by atoms with Crippen LogP contribution in [0.3, 0.4) is 0 Å². The summed E-state index contributed by atoms with van der Waals surface area (Å²) < 4.78 is 0. The molecule has 0 radical (unpaired) electrons. The van der Waals surface area contributed by atoms with Crippen LogP contribution in [0.15, 0.2) is 73.1 Å². The van der Waals surface area contributed by atoms with Gasteiger partial charge in [-0.2, -0.15) is 0 Å². The average Bonchev–Trinajstić information content (AvgIpc) is 2.71. The molecule has 4 N–H and O–H groups in total. The molecule has 7 nitrogen and oxygen atoms in total. The van der Waals surface area contributed by atoms with Crippen LogP contribution in [0.5, 0.6) is 0 Å². The van der Waals surface area contributed by atoms with Gasteiger partial charge in [-0.05, 0) is 48.0 Å². The molecule has 0 saturated heterocycles. The van der Waals surface area contributed by atoms with Crippen molar-refractivity contribution in [1.29, 1.82) is 0 Å². The van der Waals surface area contributed by atoms with Crippen LogP contribution >= 0.6 is 0 Å². The molecule has 0 aliphatic carbocycles. The maximum atomic E-state index is 12.4. The summed E-state index contributed by atoms with van der Waals surface area (Å²) in [5, 5.41) is 4.21. The second-order valence-corrected chi connectivity index (χ2v) is 6.14. The number of aromatic nitrogens is 1. The lowest BCUT2D eigenvalue weighted by Gasteiger charge is -2.22. The molecule has 1 aromatic heterocycles. The molecule has 2 amide bonds. The van der Waals surface area contributed by atoms with Gasteiger partial charge in [-0.25, -0.2) is 10.4 Å². The molecule has 0 aliphatic heterocycles. The van der Waals surface area contributed by atoms with E-state index in [4.69, 9.17) is 5.73 Å². The number of hydrogen-bond acceptors (Lipinski definition) is 5. The van der Waals surface area contributed by atoms with E-state index < -0.39 is 0 Å². The molecule has 0 atom stereocenters. The Balaban J connectivity index is 1.69. The maximum Gasteiger partial charge on any atom is 0.255 e. The largest absolute Gasteiger partial charge is 0.397 e. The second-order valence-electron chi connectivity index (χ2n) is 6.14. The highest BCUT2D eigenvalue weighted by Crippen LogP contribution is 2.19. The third-order valence-electron chi connectivity index (χ3n) is 4.08. The van der Waals surface area contributed by atoms with E-state index in [9.17, 15) is 9.59 Å². The molecule has 0 saturated carbocycles. The molecule has 7 heteroatoms. The highest BCUT2D eigenvalue weighted by atomic mass is 16.2. The summed E-state index contributed by atoms with van der Waals surface area (Å²) in [6.45, 7) is 1.91. The van der Waals surface area contributed by atoms with Crippen LogP contribution in [0.2, 0.25) is 0 Å². The minimum atomic E-state index is -0.276. The summed E-state index contributed by atoms with van der Waals surface area (Å²) >= 11 is 0. The SMILES string of the molecule is CC(=O)N(NCc1cccnc1)c1ccc(C(=O)Nc2ccccc2N)cc1. The number of hydrazine groups is 1. The van der Waals surface area contributed by atoms with E-state index in [1.54, 1.807) is 60.9 Å². The highest BCUT2D eigenvalue weighted by molar-refractivity contribution is 6.06. The van der Waals surface area contributed by atoms with Crippen molar-refractivity contribution < 1.29 is 9.59 Å². The van der Waals surface area contributed by atoms with Crippen LogP contribution in [0.1, 0.15) is 22.8 Å². The summed E-state index contributed by atoms with van der Waals surface area (Å²) in [5.41, 5.74) is 12.0. The molecule has 0 bridgehead atoms. The lowest BCUT2D eigenvalue weighted by atomic mass is 10.1. The Morgan fingerprint density at radius 3 is 2.43 bits per heavy atom. The number of anilines is 3. The first kappa shape index (κ1) is 19.1. The second kappa shape index (κ2) is 8.79. The number of carbonyl (C=O) groups is 2. The monoisotopic (exact) mass is 375 g/mol. The number of carbonyl (C=O) groups excluding carboxylic acids is 2. The van der Waals surface area contributed by atoms with Gasteiger partial charge in [0.25, 0.3) is 5.91 Å². The number of nitrogen functional groups attached to an aromatic ring is 1. The Labute approximate surface area is 163 Å². The van der Waals surface area contributed by atoms with Gasteiger partial charge in [0.2, 0.25) is 5.91 Å². The van der Waals surface area contributed by atoms with Crippen molar-refractivity contribution in [3.05, 3.63) is 84.2 Å². The zero-order valence-electron chi connectivity index (χ0n) is 15.4. The minimum absolute atomic E-state index is 0.168. The Morgan fingerprint density at radius 2 is 1.79 bits per heavy atom. The van der Waals surface area contributed by atoms with Crippen LogP contribution < -0.4 is 21.5 Å².